The topological polar surface area (TPSA) is 51.2 Å². The van der Waals surface area contributed by atoms with E-state index in [1.807, 2.05) is 56.3 Å². The number of ether oxygens (including phenoxy) is 1. The van der Waals surface area contributed by atoms with Gasteiger partial charge in [-0.15, -0.1) is 0 Å². The van der Waals surface area contributed by atoms with Gasteiger partial charge in [0.15, 0.2) is 0 Å². The van der Waals surface area contributed by atoms with Gasteiger partial charge in [0, 0.05) is 24.4 Å². The lowest BCUT2D eigenvalue weighted by atomic mass is 10.1. The summed E-state index contributed by atoms with van der Waals surface area (Å²) in [6.07, 6.45) is 2.25. The van der Waals surface area contributed by atoms with Crippen LogP contribution in [-0.2, 0) is 11.4 Å². The molecule has 0 aliphatic heterocycles. The molecule has 4 nitrogen and oxygen atoms in total. The van der Waals surface area contributed by atoms with Gasteiger partial charge in [-0.2, -0.15) is 0 Å². The van der Waals surface area contributed by atoms with Gasteiger partial charge >= 0.3 is 0 Å². The summed E-state index contributed by atoms with van der Waals surface area (Å²) in [5.74, 6) is 1.07. The van der Waals surface area contributed by atoms with Crippen molar-refractivity contribution in [3.05, 3.63) is 54.4 Å². The minimum absolute atomic E-state index is 0.0203. The fourth-order valence-electron chi connectivity index (χ4n) is 1.89. The molecule has 4 heteroatoms. The molecule has 0 bridgehead atoms. The SMILES string of the molecule is CC(C)CC(=O)Nc1cccc(OCc2ccccn2)c1. The lowest BCUT2D eigenvalue weighted by Gasteiger charge is -2.10. The number of hydrogen-bond donors (Lipinski definition) is 1. The van der Waals surface area contributed by atoms with E-state index in [2.05, 4.69) is 10.3 Å². The van der Waals surface area contributed by atoms with Crippen molar-refractivity contribution in [2.45, 2.75) is 26.9 Å². The largest absolute Gasteiger partial charge is 0.487 e. The Balaban J connectivity index is 1.93. The van der Waals surface area contributed by atoms with Gasteiger partial charge in [-0.05, 0) is 30.2 Å². The van der Waals surface area contributed by atoms with Crippen molar-refractivity contribution in [2.75, 3.05) is 5.32 Å². The predicted octanol–water partition coefficient (Wildman–Crippen LogP) is 3.65. The molecule has 110 valence electrons. The van der Waals surface area contributed by atoms with Crippen molar-refractivity contribution in [2.24, 2.45) is 5.92 Å². The van der Waals surface area contributed by atoms with E-state index in [-0.39, 0.29) is 5.91 Å². The first kappa shape index (κ1) is 15.0. The summed E-state index contributed by atoms with van der Waals surface area (Å²) in [7, 11) is 0. The molecule has 2 rings (SSSR count). The summed E-state index contributed by atoms with van der Waals surface area (Å²) in [4.78, 5) is 16.0. The fraction of sp³-hybridized carbons (Fsp3) is 0.294. The summed E-state index contributed by atoms with van der Waals surface area (Å²) in [5, 5.41) is 2.88. The van der Waals surface area contributed by atoms with Gasteiger partial charge in [0.2, 0.25) is 5.91 Å². The Kier molecular flexibility index (Phi) is 5.32. The van der Waals surface area contributed by atoms with Crippen molar-refractivity contribution in [3.8, 4) is 5.75 Å². The zero-order chi connectivity index (χ0) is 15.1. The second-order valence-electron chi connectivity index (χ2n) is 5.28. The van der Waals surface area contributed by atoms with Crippen LogP contribution in [0.3, 0.4) is 0 Å². The second-order valence-corrected chi connectivity index (χ2v) is 5.28. The number of aromatic nitrogens is 1. The van der Waals surface area contributed by atoms with Crippen LogP contribution in [0.2, 0.25) is 0 Å². The molecule has 1 aromatic carbocycles. The molecule has 0 atom stereocenters. The molecule has 1 aromatic heterocycles. The van der Waals surface area contributed by atoms with E-state index in [0.29, 0.717) is 24.7 Å². The van der Waals surface area contributed by atoms with Crippen LogP contribution in [0.4, 0.5) is 5.69 Å². The molecule has 0 spiro atoms. The van der Waals surface area contributed by atoms with Crippen LogP contribution >= 0.6 is 0 Å². The smallest absolute Gasteiger partial charge is 0.224 e. The van der Waals surface area contributed by atoms with E-state index in [0.717, 1.165) is 11.4 Å². The Bertz CT molecular complexity index is 582. The summed E-state index contributed by atoms with van der Waals surface area (Å²) in [6.45, 7) is 4.45. The standard InChI is InChI=1S/C17H20N2O2/c1-13(2)10-17(20)19-14-7-5-8-16(11-14)21-12-15-6-3-4-9-18-15/h3-9,11,13H,10,12H2,1-2H3,(H,19,20). The van der Waals surface area contributed by atoms with Gasteiger partial charge in [0.05, 0.1) is 5.69 Å². The van der Waals surface area contributed by atoms with Crippen LogP contribution in [0.25, 0.3) is 0 Å². The molecule has 0 aliphatic carbocycles. The Labute approximate surface area is 125 Å². The van der Waals surface area contributed by atoms with E-state index in [1.165, 1.54) is 0 Å². The Hall–Kier alpha value is -2.36. The van der Waals surface area contributed by atoms with E-state index in [9.17, 15) is 4.79 Å². The highest BCUT2D eigenvalue weighted by atomic mass is 16.5. The van der Waals surface area contributed by atoms with E-state index in [4.69, 9.17) is 4.74 Å². The molecule has 0 saturated heterocycles. The number of pyridine rings is 1. The minimum atomic E-state index is 0.0203. The van der Waals surface area contributed by atoms with Gasteiger partial charge < -0.3 is 10.1 Å². The normalized spacial score (nSPS) is 10.4. The molecule has 21 heavy (non-hydrogen) atoms. The number of carbonyl (C=O) groups is 1. The third-order valence-electron chi connectivity index (χ3n) is 2.82. The third kappa shape index (κ3) is 5.26. The zero-order valence-corrected chi connectivity index (χ0v) is 12.4. The van der Waals surface area contributed by atoms with Gasteiger partial charge in [-0.3, -0.25) is 9.78 Å². The quantitative estimate of drug-likeness (QED) is 0.881. The number of carbonyl (C=O) groups excluding carboxylic acids is 1. The fourth-order valence-corrected chi connectivity index (χ4v) is 1.89. The van der Waals surface area contributed by atoms with Crippen molar-refractivity contribution in [1.82, 2.24) is 4.98 Å². The average Bonchev–Trinajstić information content (AvgIpc) is 2.46. The summed E-state index contributed by atoms with van der Waals surface area (Å²) < 4.78 is 5.68. The molecule has 0 fully saturated rings. The van der Waals surface area contributed by atoms with Crippen molar-refractivity contribution in [3.63, 3.8) is 0 Å². The predicted molar refractivity (Wildman–Crippen MR) is 83.1 cm³/mol. The van der Waals surface area contributed by atoms with Crippen LogP contribution in [0.5, 0.6) is 5.75 Å². The molecular weight excluding hydrogens is 264 g/mol. The van der Waals surface area contributed by atoms with E-state index < -0.39 is 0 Å². The number of nitrogens with zero attached hydrogens (tertiary/aromatic N) is 1. The van der Waals surface area contributed by atoms with E-state index in [1.54, 1.807) is 6.20 Å². The number of hydrogen-bond acceptors (Lipinski definition) is 3. The number of benzene rings is 1. The first-order valence-electron chi connectivity index (χ1n) is 7.06. The molecule has 2 aromatic rings. The first-order chi connectivity index (χ1) is 10.1. The highest BCUT2D eigenvalue weighted by Gasteiger charge is 2.06. The molecule has 0 saturated carbocycles. The van der Waals surface area contributed by atoms with Crippen LogP contribution in [0, 0.1) is 5.92 Å². The van der Waals surface area contributed by atoms with Crippen LogP contribution in [0.1, 0.15) is 26.0 Å². The molecule has 1 N–H and O–H groups in total. The van der Waals surface area contributed by atoms with E-state index >= 15 is 0 Å². The zero-order valence-electron chi connectivity index (χ0n) is 12.4. The molecule has 0 aliphatic rings. The number of rotatable bonds is 6. The molecule has 1 amide bonds. The van der Waals surface area contributed by atoms with Crippen molar-refractivity contribution in [1.29, 1.82) is 0 Å². The Morgan fingerprint density at radius 1 is 1.24 bits per heavy atom. The maximum atomic E-state index is 11.8. The first-order valence-corrected chi connectivity index (χ1v) is 7.06. The third-order valence-corrected chi connectivity index (χ3v) is 2.82. The lowest BCUT2D eigenvalue weighted by Crippen LogP contribution is -2.13. The lowest BCUT2D eigenvalue weighted by molar-refractivity contribution is -0.116. The Morgan fingerprint density at radius 3 is 2.81 bits per heavy atom. The van der Waals surface area contributed by atoms with Crippen molar-refractivity contribution >= 4 is 11.6 Å². The van der Waals surface area contributed by atoms with Crippen LogP contribution in [0.15, 0.2) is 48.7 Å². The molecular formula is C17H20N2O2. The summed E-state index contributed by atoms with van der Waals surface area (Å²) in [6, 6.07) is 13.1. The molecule has 0 unspecified atom stereocenters. The molecule has 1 heterocycles. The second kappa shape index (κ2) is 7.43. The maximum Gasteiger partial charge on any atom is 0.224 e. The highest BCUT2D eigenvalue weighted by molar-refractivity contribution is 5.90. The minimum Gasteiger partial charge on any atom is -0.487 e. The summed E-state index contributed by atoms with van der Waals surface area (Å²) >= 11 is 0. The van der Waals surface area contributed by atoms with Crippen molar-refractivity contribution < 1.29 is 9.53 Å². The average molecular weight is 284 g/mol. The van der Waals surface area contributed by atoms with Gasteiger partial charge in [-0.25, -0.2) is 0 Å². The maximum absolute atomic E-state index is 11.8. The Morgan fingerprint density at radius 2 is 2.10 bits per heavy atom. The van der Waals surface area contributed by atoms with Crippen LogP contribution in [-0.4, -0.2) is 10.9 Å². The number of anilines is 1. The highest BCUT2D eigenvalue weighted by Crippen LogP contribution is 2.19. The van der Waals surface area contributed by atoms with Gasteiger partial charge in [0.25, 0.3) is 0 Å². The van der Waals surface area contributed by atoms with Gasteiger partial charge in [-0.1, -0.05) is 26.0 Å². The molecule has 0 radical (unpaired) electrons. The summed E-state index contributed by atoms with van der Waals surface area (Å²) in [5.41, 5.74) is 1.62. The number of amides is 1. The van der Waals surface area contributed by atoms with Gasteiger partial charge in [0.1, 0.15) is 12.4 Å². The number of nitrogens with one attached hydrogen (secondary N) is 1. The monoisotopic (exact) mass is 284 g/mol. The van der Waals surface area contributed by atoms with Crippen LogP contribution < -0.4 is 10.1 Å².